The molecule has 0 aliphatic carbocycles. The number of rotatable bonds is 12. The van der Waals surface area contributed by atoms with Crippen molar-refractivity contribution >= 4 is 17.7 Å². The van der Waals surface area contributed by atoms with Crippen molar-refractivity contribution in [2.45, 2.75) is 76.9 Å². The summed E-state index contributed by atoms with van der Waals surface area (Å²) >= 11 is 1.31. The number of carboxylic acid groups (broad SMARTS) is 1. The first kappa shape index (κ1) is 18.1. The molecule has 4 nitrogen and oxygen atoms in total. The molecule has 0 bridgehead atoms. The fourth-order valence-electron chi connectivity index (χ4n) is 2.36. The minimum Gasteiger partial charge on any atom is -0.481 e. The first-order valence-electron chi connectivity index (χ1n) is 8.02. The summed E-state index contributed by atoms with van der Waals surface area (Å²) in [6.07, 6.45) is 12.2. The molecule has 1 aromatic rings. The van der Waals surface area contributed by atoms with E-state index < -0.39 is 5.97 Å². The third-order valence-electron chi connectivity index (χ3n) is 3.58. The Morgan fingerprint density at radius 3 is 2.43 bits per heavy atom. The van der Waals surface area contributed by atoms with Crippen LogP contribution < -0.4 is 0 Å². The van der Waals surface area contributed by atoms with E-state index in [2.05, 4.69) is 16.5 Å². The van der Waals surface area contributed by atoms with Gasteiger partial charge in [-0.3, -0.25) is 4.79 Å². The van der Waals surface area contributed by atoms with Crippen LogP contribution in [0.25, 0.3) is 0 Å². The molecule has 21 heavy (non-hydrogen) atoms. The van der Waals surface area contributed by atoms with Crippen molar-refractivity contribution in [1.82, 2.24) is 9.55 Å². The molecule has 0 saturated heterocycles. The summed E-state index contributed by atoms with van der Waals surface area (Å²) in [6, 6.07) is 0. The van der Waals surface area contributed by atoms with Gasteiger partial charge in [-0.15, -0.1) is 0 Å². The number of aromatic nitrogens is 2. The summed E-state index contributed by atoms with van der Waals surface area (Å²) in [5.74, 6) is -0.715. The molecule has 0 aliphatic heterocycles. The molecule has 1 rings (SSSR count). The van der Waals surface area contributed by atoms with Gasteiger partial charge in [0.2, 0.25) is 0 Å². The number of aliphatic carboxylic acids is 1. The smallest absolute Gasteiger partial charge is 0.313 e. The quantitative estimate of drug-likeness (QED) is 0.456. The minimum atomic E-state index is -0.792. The van der Waals surface area contributed by atoms with Gasteiger partial charge in [0, 0.05) is 18.4 Å². The van der Waals surface area contributed by atoms with Crippen molar-refractivity contribution in [3.63, 3.8) is 0 Å². The zero-order valence-corrected chi connectivity index (χ0v) is 14.1. The molecule has 0 unspecified atom stereocenters. The van der Waals surface area contributed by atoms with Crippen molar-refractivity contribution < 1.29 is 9.90 Å². The Labute approximate surface area is 132 Å². The zero-order valence-electron chi connectivity index (χ0n) is 13.3. The predicted molar refractivity (Wildman–Crippen MR) is 87.9 cm³/mol. The molecule has 120 valence electrons. The molecular formula is C16H28N2O2S. The number of thioether (sulfide) groups is 1. The van der Waals surface area contributed by atoms with E-state index in [1.807, 2.05) is 13.1 Å². The Bertz CT molecular complexity index is 418. The summed E-state index contributed by atoms with van der Waals surface area (Å²) in [5, 5.41) is 9.58. The third-order valence-corrected chi connectivity index (χ3v) is 4.55. The van der Waals surface area contributed by atoms with E-state index in [1.54, 1.807) is 0 Å². The number of aryl methyl sites for hydroxylation is 1. The Balaban J connectivity index is 2.22. The molecule has 1 N–H and O–H groups in total. The Morgan fingerprint density at radius 1 is 1.19 bits per heavy atom. The zero-order chi connectivity index (χ0) is 15.5. The molecule has 0 amide bonds. The maximum Gasteiger partial charge on any atom is 0.313 e. The highest BCUT2D eigenvalue weighted by molar-refractivity contribution is 7.99. The summed E-state index contributed by atoms with van der Waals surface area (Å²) < 4.78 is 2.14. The van der Waals surface area contributed by atoms with Gasteiger partial charge in [0.05, 0.1) is 5.75 Å². The molecule has 0 spiro atoms. The maximum atomic E-state index is 10.6. The van der Waals surface area contributed by atoms with Gasteiger partial charge in [-0.25, -0.2) is 4.98 Å². The Kier molecular flexibility index (Phi) is 9.22. The van der Waals surface area contributed by atoms with E-state index in [9.17, 15) is 4.79 Å². The largest absolute Gasteiger partial charge is 0.481 e. The van der Waals surface area contributed by atoms with Crippen LogP contribution in [-0.4, -0.2) is 26.4 Å². The number of hydrogen-bond donors (Lipinski definition) is 1. The normalized spacial score (nSPS) is 11.0. The lowest BCUT2D eigenvalue weighted by atomic mass is 10.1. The topological polar surface area (TPSA) is 55.1 Å². The van der Waals surface area contributed by atoms with Crippen LogP contribution in [0.1, 0.15) is 64.0 Å². The monoisotopic (exact) mass is 312 g/mol. The second-order valence-electron chi connectivity index (χ2n) is 5.49. The lowest BCUT2D eigenvalue weighted by Gasteiger charge is -2.09. The lowest BCUT2D eigenvalue weighted by Crippen LogP contribution is -2.05. The van der Waals surface area contributed by atoms with E-state index >= 15 is 0 Å². The third kappa shape index (κ3) is 7.55. The average molecular weight is 312 g/mol. The van der Waals surface area contributed by atoms with Crippen LogP contribution in [0.2, 0.25) is 0 Å². The minimum absolute atomic E-state index is 0.0773. The highest BCUT2D eigenvalue weighted by Crippen LogP contribution is 2.19. The Morgan fingerprint density at radius 2 is 1.81 bits per heavy atom. The molecule has 0 saturated carbocycles. The first-order chi connectivity index (χ1) is 10.1. The van der Waals surface area contributed by atoms with Crippen LogP contribution in [0, 0.1) is 6.92 Å². The maximum absolute atomic E-state index is 10.6. The van der Waals surface area contributed by atoms with E-state index in [1.165, 1.54) is 56.7 Å². The number of carbonyl (C=O) groups is 1. The van der Waals surface area contributed by atoms with Gasteiger partial charge >= 0.3 is 5.97 Å². The second-order valence-corrected chi connectivity index (χ2v) is 6.43. The van der Waals surface area contributed by atoms with Crippen LogP contribution in [0.15, 0.2) is 11.4 Å². The fourth-order valence-corrected chi connectivity index (χ4v) is 3.13. The molecule has 0 aromatic carbocycles. The van der Waals surface area contributed by atoms with E-state index in [0.29, 0.717) is 0 Å². The van der Waals surface area contributed by atoms with Crippen LogP contribution >= 0.6 is 11.8 Å². The summed E-state index contributed by atoms with van der Waals surface area (Å²) in [6.45, 7) is 5.22. The van der Waals surface area contributed by atoms with Gasteiger partial charge in [0.15, 0.2) is 5.16 Å². The molecule has 5 heteroatoms. The molecule has 0 aliphatic rings. The van der Waals surface area contributed by atoms with Gasteiger partial charge < -0.3 is 9.67 Å². The van der Waals surface area contributed by atoms with Crippen LogP contribution in [-0.2, 0) is 11.3 Å². The number of imidazole rings is 1. The van der Waals surface area contributed by atoms with Crippen LogP contribution in [0.4, 0.5) is 0 Å². The van der Waals surface area contributed by atoms with Crippen molar-refractivity contribution in [2.75, 3.05) is 5.75 Å². The molecule has 0 atom stereocenters. The van der Waals surface area contributed by atoms with Crippen molar-refractivity contribution in [1.29, 1.82) is 0 Å². The van der Waals surface area contributed by atoms with Gasteiger partial charge in [-0.05, 0) is 13.3 Å². The van der Waals surface area contributed by atoms with Gasteiger partial charge in [-0.1, -0.05) is 63.6 Å². The molecule has 1 aromatic heterocycles. The number of nitrogens with zero attached hydrogens (tertiary/aromatic N) is 2. The highest BCUT2D eigenvalue weighted by Gasteiger charge is 2.09. The summed E-state index contributed by atoms with van der Waals surface area (Å²) in [4.78, 5) is 14.9. The van der Waals surface area contributed by atoms with Crippen LogP contribution in [0.5, 0.6) is 0 Å². The van der Waals surface area contributed by atoms with Gasteiger partial charge in [0.1, 0.15) is 0 Å². The number of carboxylic acids is 1. The Hall–Kier alpha value is -0.970. The van der Waals surface area contributed by atoms with Crippen molar-refractivity contribution in [3.05, 3.63) is 11.9 Å². The summed E-state index contributed by atoms with van der Waals surface area (Å²) in [7, 11) is 0. The number of hydrogen-bond acceptors (Lipinski definition) is 3. The molecular weight excluding hydrogens is 284 g/mol. The van der Waals surface area contributed by atoms with E-state index in [0.717, 1.165) is 23.8 Å². The van der Waals surface area contributed by atoms with Crippen LogP contribution in [0.3, 0.4) is 0 Å². The SMILES string of the molecule is CCCCCCCCCCn1c(C)cnc1SCC(=O)O. The van der Waals surface area contributed by atoms with Crippen molar-refractivity contribution in [3.8, 4) is 0 Å². The predicted octanol–water partition coefficient (Wildman–Crippen LogP) is 4.51. The highest BCUT2D eigenvalue weighted by atomic mass is 32.2. The molecule has 0 fully saturated rings. The van der Waals surface area contributed by atoms with E-state index in [-0.39, 0.29) is 5.75 Å². The van der Waals surface area contributed by atoms with Gasteiger partial charge in [-0.2, -0.15) is 0 Å². The lowest BCUT2D eigenvalue weighted by molar-refractivity contribution is -0.133. The molecule has 0 radical (unpaired) electrons. The first-order valence-corrected chi connectivity index (χ1v) is 9.00. The fraction of sp³-hybridized carbons (Fsp3) is 0.750. The standard InChI is InChI=1S/C16H28N2O2S/c1-3-4-5-6-7-8-9-10-11-18-14(2)12-17-16(18)21-13-15(19)20/h12H,3-11,13H2,1-2H3,(H,19,20). The second kappa shape index (κ2) is 10.7. The molecule has 1 heterocycles. The van der Waals surface area contributed by atoms with E-state index in [4.69, 9.17) is 5.11 Å². The van der Waals surface area contributed by atoms with Gasteiger partial charge in [0.25, 0.3) is 0 Å². The van der Waals surface area contributed by atoms with Crippen molar-refractivity contribution in [2.24, 2.45) is 0 Å². The summed E-state index contributed by atoms with van der Waals surface area (Å²) in [5.41, 5.74) is 1.12. The number of unbranched alkanes of at least 4 members (excludes halogenated alkanes) is 7. The average Bonchev–Trinajstić information content (AvgIpc) is 2.80.